The van der Waals surface area contributed by atoms with E-state index in [-0.39, 0.29) is 0 Å². The minimum Gasteiger partial charge on any atom is -0.0622 e. The van der Waals surface area contributed by atoms with Gasteiger partial charge in [0.05, 0.1) is 5.41 Å². The molecule has 0 bridgehead atoms. The Morgan fingerprint density at radius 2 is 0.278 bits per heavy atom. The minimum atomic E-state index is -0.914. The second kappa shape index (κ2) is 25.4. The van der Waals surface area contributed by atoms with Gasteiger partial charge in [0.2, 0.25) is 0 Å². The molecule has 17 rings (SSSR count). The van der Waals surface area contributed by atoms with Gasteiger partial charge < -0.3 is 0 Å². The van der Waals surface area contributed by atoms with Crippen LogP contribution < -0.4 is 0 Å². The van der Waals surface area contributed by atoms with Gasteiger partial charge in [-0.1, -0.05) is 315 Å². The first kappa shape index (κ1) is 58.3. The van der Waals surface area contributed by atoms with Gasteiger partial charge in [0.25, 0.3) is 0 Å². The Morgan fingerprint density at radius 1 is 0.103 bits per heavy atom. The molecule has 1 aliphatic carbocycles. The molecular formula is C97H66. The highest BCUT2D eigenvalue weighted by Gasteiger charge is 2.48. The van der Waals surface area contributed by atoms with E-state index in [1.54, 1.807) is 0 Å². The van der Waals surface area contributed by atoms with E-state index in [0.717, 1.165) is 111 Å². The molecule has 0 heteroatoms. The first-order chi connectivity index (χ1) is 48.1. The van der Waals surface area contributed by atoms with E-state index >= 15 is 0 Å². The lowest BCUT2D eigenvalue weighted by atomic mass is 9.63. The summed E-state index contributed by atoms with van der Waals surface area (Å²) in [5, 5.41) is 0. The molecule has 0 unspecified atom stereocenters. The van der Waals surface area contributed by atoms with Crippen LogP contribution >= 0.6 is 0 Å². The van der Waals surface area contributed by atoms with E-state index < -0.39 is 5.41 Å². The lowest BCUT2D eigenvalue weighted by Gasteiger charge is -2.38. The standard InChI is InChI=1S/C97H66/c1-9-29-67(30-10-1)77-53-78(68-31-11-2-12-32-68)58-85(57-77)75-49-51-95(91(65-75)87-61-81(71-37-17-5-18-38-71)55-82(62-87)72-39-19-6-20-40-72)97(93-47-27-25-45-89(93)90-46-26-28-48-94(90)97)96-52-50-76(86-59-79(69-33-13-3-14-34-69)54-80(60-86)70-35-15-4-16-36-70)66-92(96)88-63-83(73-41-21-7-22-42-73)56-84(64-88)74-43-23-8-24-44-74/h1-66H. The van der Waals surface area contributed by atoms with Crippen molar-refractivity contribution >= 4 is 0 Å². The summed E-state index contributed by atoms with van der Waals surface area (Å²) in [5.74, 6) is 0. The molecule has 97 heavy (non-hydrogen) atoms. The quantitative estimate of drug-likeness (QED) is 0.102. The molecule has 0 atom stereocenters. The fourth-order valence-corrected chi connectivity index (χ4v) is 15.1. The molecule has 0 saturated heterocycles. The maximum atomic E-state index is 2.52. The number of fused-ring (bicyclic) bond motifs is 3. The van der Waals surface area contributed by atoms with Crippen LogP contribution in [0.4, 0.5) is 0 Å². The minimum absolute atomic E-state index is 0.914. The Morgan fingerprint density at radius 3 is 0.505 bits per heavy atom. The van der Waals surface area contributed by atoms with Crippen molar-refractivity contribution in [1.82, 2.24) is 0 Å². The molecule has 0 nitrogen and oxygen atoms in total. The highest BCUT2D eigenvalue weighted by molar-refractivity contribution is 5.96. The Kier molecular flexibility index (Phi) is 15.3. The van der Waals surface area contributed by atoms with Gasteiger partial charge in [-0.2, -0.15) is 0 Å². The predicted molar refractivity (Wildman–Crippen MR) is 409 cm³/mol. The monoisotopic (exact) mass is 1230 g/mol. The van der Waals surface area contributed by atoms with E-state index in [0.29, 0.717) is 0 Å². The second-order valence-electron chi connectivity index (χ2n) is 25.5. The molecule has 0 fully saturated rings. The SMILES string of the molecule is c1ccc(-c2cc(-c3ccccc3)cc(-c3ccc(C4(c5ccc(-c6cc(-c7ccccc7)cc(-c7ccccc7)c6)cc5-c5cc(-c6ccccc6)cc(-c6ccccc6)c5)c5ccccc5-c5ccccc54)c(-c4cc(-c5ccccc5)cc(-c5ccccc5)c4)c3)c2)cc1. The van der Waals surface area contributed by atoms with Crippen molar-refractivity contribution in [3.8, 4) is 145 Å². The largest absolute Gasteiger partial charge is 0.0725 e. The smallest absolute Gasteiger partial charge is 0.0622 e. The molecule has 0 amide bonds. The zero-order chi connectivity index (χ0) is 64.5. The van der Waals surface area contributed by atoms with Crippen LogP contribution in [0, 0.1) is 0 Å². The van der Waals surface area contributed by atoms with Crippen molar-refractivity contribution in [2.45, 2.75) is 5.41 Å². The molecule has 1 aliphatic rings. The fourth-order valence-electron chi connectivity index (χ4n) is 15.1. The first-order valence-electron chi connectivity index (χ1n) is 33.6. The van der Waals surface area contributed by atoms with Crippen molar-refractivity contribution in [3.63, 3.8) is 0 Å². The Bertz CT molecular complexity index is 4930. The fraction of sp³-hybridized carbons (Fsp3) is 0.0103. The maximum absolute atomic E-state index is 2.52. The summed E-state index contributed by atoms with van der Waals surface area (Å²) < 4.78 is 0. The molecule has 0 spiro atoms. The topological polar surface area (TPSA) is 0 Å². The van der Waals surface area contributed by atoms with Gasteiger partial charge in [-0.3, -0.25) is 0 Å². The summed E-state index contributed by atoms with van der Waals surface area (Å²) in [6.07, 6.45) is 0. The van der Waals surface area contributed by atoms with Gasteiger partial charge in [-0.05, 0) is 252 Å². The van der Waals surface area contributed by atoms with Crippen LogP contribution in [0.2, 0.25) is 0 Å². The molecule has 0 aromatic heterocycles. The highest BCUT2D eigenvalue weighted by Crippen LogP contribution is 2.60. The van der Waals surface area contributed by atoms with Crippen molar-refractivity contribution < 1.29 is 0 Å². The first-order valence-corrected chi connectivity index (χ1v) is 33.6. The lowest BCUT2D eigenvalue weighted by Crippen LogP contribution is -2.30. The van der Waals surface area contributed by atoms with E-state index in [1.165, 1.54) is 55.6 Å². The number of hydrogen-bond acceptors (Lipinski definition) is 0. The summed E-state index contributed by atoms with van der Waals surface area (Å²) >= 11 is 0. The number of benzene rings is 16. The summed E-state index contributed by atoms with van der Waals surface area (Å²) in [6.45, 7) is 0. The Hall–Kier alpha value is -12.5. The van der Waals surface area contributed by atoms with E-state index in [2.05, 4.69) is 400 Å². The third-order valence-corrected chi connectivity index (χ3v) is 19.7. The van der Waals surface area contributed by atoms with E-state index in [4.69, 9.17) is 0 Å². The molecule has 0 N–H and O–H groups in total. The van der Waals surface area contributed by atoms with E-state index in [1.807, 2.05) is 0 Å². The molecular weight excluding hydrogens is 1170 g/mol. The van der Waals surface area contributed by atoms with Crippen LogP contribution in [-0.2, 0) is 5.41 Å². The molecule has 0 radical (unpaired) electrons. The van der Waals surface area contributed by atoms with Gasteiger partial charge in [-0.25, -0.2) is 0 Å². The number of hydrogen-bond donors (Lipinski definition) is 0. The molecule has 16 aromatic rings. The van der Waals surface area contributed by atoms with Crippen LogP contribution in [0.5, 0.6) is 0 Å². The highest BCUT2D eigenvalue weighted by atomic mass is 14.5. The van der Waals surface area contributed by atoms with Crippen LogP contribution in [0.25, 0.3) is 145 Å². The third kappa shape index (κ3) is 11.1. The lowest BCUT2D eigenvalue weighted by molar-refractivity contribution is 0.773. The van der Waals surface area contributed by atoms with Crippen LogP contribution in [0.15, 0.2) is 400 Å². The van der Waals surface area contributed by atoms with Crippen LogP contribution in [0.1, 0.15) is 22.3 Å². The van der Waals surface area contributed by atoms with E-state index in [9.17, 15) is 0 Å². The average Bonchev–Trinajstić information content (AvgIpc) is 1.67. The van der Waals surface area contributed by atoms with Crippen LogP contribution in [0.3, 0.4) is 0 Å². The third-order valence-electron chi connectivity index (χ3n) is 19.7. The average molecular weight is 1230 g/mol. The molecule has 16 aromatic carbocycles. The zero-order valence-corrected chi connectivity index (χ0v) is 53.6. The van der Waals surface area contributed by atoms with Gasteiger partial charge in [0.15, 0.2) is 0 Å². The van der Waals surface area contributed by atoms with Crippen molar-refractivity contribution in [2.75, 3.05) is 0 Å². The summed E-state index contributed by atoms with van der Waals surface area (Å²) in [4.78, 5) is 0. The van der Waals surface area contributed by atoms with Gasteiger partial charge in [-0.15, -0.1) is 0 Å². The Labute approximate surface area is 569 Å². The molecule has 0 aliphatic heterocycles. The van der Waals surface area contributed by atoms with Gasteiger partial charge >= 0.3 is 0 Å². The summed E-state index contributed by atoms with van der Waals surface area (Å²) in [6, 6.07) is 149. The summed E-state index contributed by atoms with van der Waals surface area (Å²) in [7, 11) is 0. The normalized spacial score (nSPS) is 12.0. The summed E-state index contributed by atoms with van der Waals surface area (Å²) in [5.41, 5.74) is 34.0. The van der Waals surface area contributed by atoms with Crippen molar-refractivity contribution in [1.29, 1.82) is 0 Å². The Balaban J connectivity index is 1.01. The predicted octanol–water partition coefficient (Wildman–Crippen LogP) is 26.1. The molecule has 454 valence electrons. The van der Waals surface area contributed by atoms with Crippen LogP contribution in [-0.4, -0.2) is 0 Å². The molecule has 0 saturated carbocycles. The zero-order valence-electron chi connectivity index (χ0n) is 53.6. The number of rotatable bonds is 14. The van der Waals surface area contributed by atoms with Gasteiger partial charge in [0.1, 0.15) is 0 Å². The van der Waals surface area contributed by atoms with Gasteiger partial charge in [0, 0.05) is 0 Å². The van der Waals surface area contributed by atoms with Crippen molar-refractivity contribution in [2.24, 2.45) is 0 Å². The van der Waals surface area contributed by atoms with Crippen molar-refractivity contribution in [3.05, 3.63) is 423 Å². The maximum Gasteiger partial charge on any atom is 0.0725 e. The second-order valence-corrected chi connectivity index (χ2v) is 25.5. The molecule has 0 heterocycles.